The molecule has 0 aliphatic heterocycles. The van der Waals surface area contributed by atoms with Crippen LogP contribution in [0.2, 0.25) is 0 Å². The van der Waals surface area contributed by atoms with Crippen molar-refractivity contribution < 1.29 is 19.1 Å². The Morgan fingerprint density at radius 3 is 2.68 bits per heavy atom. The second-order valence-electron chi connectivity index (χ2n) is 3.92. The molecule has 1 unspecified atom stereocenters. The number of hydrogen-bond donors (Lipinski definition) is 1. The Morgan fingerprint density at radius 2 is 2.05 bits per heavy atom. The third-order valence-corrected chi connectivity index (χ3v) is 3.39. The third kappa shape index (κ3) is 3.12. The van der Waals surface area contributed by atoms with Crippen LogP contribution in [-0.4, -0.2) is 17.3 Å². The first kappa shape index (κ1) is 13.5. The lowest BCUT2D eigenvalue weighted by Crippen LogP contribution is -2.02. The van der Waals surface area contributed by atoms with Crippen molar-refractivity contribution in [3.05, 3.63) is 47.9 Å². The smallest absolute Gasteiger partial charge is 0.371 e. The van der Waals surface area contributed by atoms with E-state index in [2.05, 4.69) is 0 Å². The standard InChI is InChI=1S/C14H14O4S/c1-9(10-7-8-12(18-10)14(15)16)17-11-5-3-4-6-13(11)19-2/h3-9H,1-2H3,(H,15,16). The number of aromatic carboxylic acids is 1. The number of furan rings is 1. The maximum absolute atomic E-state index is 10.8. The van der Waals surface area contributed by atoms with Crippen LogP contribution < -0.4 is 4.74 Å². The van der Waals surface area contributed by atoms with Crippen molar-refractivity contribution in [2.75, 3.05) is 6.26 Å². The van der Waals surface area contributed by atoms with Gasteiger partial charge < -0.3 is 14.3 Å². The fourth-order valence-electron chi connectivity index (χ4n) is 1.65. The van der Waals surface area contributed by atoms with Crippen LogP contribution in [0.1, 0.15) is 29.3 Å². The van der Waals surface area contributed by atoms with Crippen molar-refractivity contribution in [1.82, 2.24) is 0 Å². The average Bonchev–Trinajstić information content (AvgIpc) is 2.89. The predicted molar refractivity (Wildman–Crippen MR) is 72.9 cm³/mol. The van der Waals surface area contributed by atoms with Crippen LogP contribution in [0.4, 0.5) is 0 Å². The maximum atomic E-state index is 10.8. The number of para-hydroxylation sites is 1. The molecule has 1 aromatic heterocycles. The van der Waals surface area contributed by atoms with E-state index in [0.717, 1.165) is 10.6 Å². The van der Waals surface area contributed by atoms with Crippen molar-refractivity contribution >= 4 is 17.7 Å². The number of carboxylic acid groups (broad SMARTS) is 1. The Labute approximate surface area is 115 Å². The zero-order valence-corrected chi connectivity index (χ0v) is 11.4. The van der Waals surface area contributed by atoms with Gasteiger partial charge in [0.05, 0.1) is 0 Å². The van der Waals surface area contributed by atoms with Gasteiger partial charge in [-0.05, 0) is 37.4 Å². The lowest BCUT2D eigenvalue weighted by Gasteiger charge is -2.14. The minimum Gasteiger partial charge on any atom is -0.482 e. The van der Waals surface area contributed by atoms with E-state index in [1.807, 2.05) is 37.4 Å². The highest BCUT2D eigenvalue weighted by Crippen LogP contribution is 2.31. The molecule has 19 heavy (non-hydrogen) atoms. The topological polar surface area (TPSA) is 59.7 Å². The molecular weight excluding hydrogens is 264 g/mol. The summed E-state index contributed by atoms with van der Waals surface area (Å²) in [6, 6.07) is 10.7. The van der Waals surface area contributed by atoms with E-state index in [-0.39, 0.29) is 11.9 Å². The van der Waals surface area contributed by atoms with E-state index in [9.17, 15) is 4.79 Å². The maximum Gasteiger partial charge on any atom is 0.371 e. The van der Waals surface area contributed by atoms with Gasteiger partial charge in [0.25, 0.3) is 0 Å². The number of carboxylic acids is 1. The van der Waals surface area contributed by atoms with Gasteiger partial charge in [0.1, 0.15) is 11.5 Å². The summed E-state index contributed by atoms with van der Waals surface area (Å²) in [5, 5.41) is 8.81. The van der Waals surface area contributed by atoms with Gasteiger partial charge in [-0.25, -0.2) is 4.79 Å². The Balaban J connectivity index is 2.15. The van der Waals surface area contributed by atoms with Crippen molar-refractivity contribution in [2.45, 2.75) is 17.9 Å². The molecule has 0 bridgehead atoms. The van der Waals surface area contributed by atoms with Crippen molar-refractivity contribution in [2.24, 2.45) is 0 Å². The predicted octanol–water partition coefficient (Wildman–Crippen LogP) is 3.84. The van der Waals surface area contributed by atoms with E-state index < -0.39 is 5.97 Å². The first-order valence-electron chi connectivity index (χ1n) is 5.74. The zero-order valence-electron chi connectivity index (χ0n) is 10.6. The van der Waals surface area contributed by atoms with Gasteiger partial charge in [0, 0.05) is 4.90 Å². The largest absolute Gasteiger partial charge is 0.482 e. The van der Waals surface area contributed by atoms with E-state index in [0.29, 0.717) is 5.76 Å². The number of carbonyl (C=O) groups is 1. The van der Waals surface area contributed by atoms with Crippen LogP contribution in [0.3, 0.4) is 0 Å². The summed E-state index contributed by atoms with van der Waals surface area (Å²) in [4.78, 5) is 11.8. The molecular formula is C14H14O4S. The lowest BCUT2D eigenvalue weighted by atomic mass is 10.3. The molecule has 2 rings (SSSR count). The van der Waals surface area contributed by atoms with Gasteiger partial charge in [-0.3, -0.25) is 0 Å². The Bertz CT molecular complexity index is 576. The summed E-state index contributed by atoms with van der Waals surface area (Å²) in [6.07, 6.45) is 1.63. The number of hydrogen-bond acceptors (Lipinski definition) is 4. The zero-order chi connectivity index (χ0) is 13.8. The molecule has 0 saturated heterocycles. The van der Waals surface area contributed by atoms with Crippen molar-refractivity contribution in [3.63, 3.8) is 0 Å². The highest BCUT2D eigenvalue weighted by atomic mass is 32.2. The first-order chi connectivity index (χ1) is 9.11. The molecule has 100 valence electrons. The third-order valence-electron chi connectivity index (χ3n) is 2.61. The summed E-state index contributed by atoms with van der Waals surface area (Å²) in [5.41, 5.74) is 0. The van der Waals surface area contributed by atoms with Crippen LogP contribution in [0, 0.1) is 0 Å². The second-order valence-corrected chi connectivity index (χ2v) is 4.77. The summed E-state index contributed by atoms with van der Waals surface area (Å²) in [6.45, 7) is 1.82. The van der Waals surface area contributed by atoms with E-state index in [4.69, 9.17) is 14.3 Å². The van der Waals surface area contributed by atoms with Crippen LogP contribution in [-0.2, 0) is 0 Å². The minimum absolute atomic E-state index is 0.0800. The molecule has 1 aromatic carbocycles. The van der Waals surface area contributed by atoms with Gasteiger partial charge in [0.15, 0.2) is 6.10 Å². The molecule has 0 fully saturated rings. The van der Waals surface area contributed by atoms with Crippen LogP contribution in [0.25, 0.3) is 0 Å². The molecule has 0 aliphatic rings. The van der Waals surface area contributed by atoms with Crippen LogP contribution >= 0.6 is 11.8 Å². The highest BCUT2D eigenvalue weighted by molar-refractivity contribution is 7.98. The summed E-state index contributed by atoms with van der Waals surface area (Å²) in [7, 11) is 0. The average molecular weight is 278 g/mol. The molecule has 5 heteroatoms. The molecule has 4 nitrogen and oxygen atoms in total. The Kier molecular flexibility index (Phi) is 4.16. The molecule has 0 radical (unpaired) electrons. The molecule has 0 aliphatic carbocycles. The monoisotopic (exact) mass is 278 g/mol. The SMILES string of the molecule is CSc1ccccc1OC(C)c1ccc(C(=O)O)o1. The lowest BCUT2D eigenvalue weighted by molar-refractivity contribution is 0.0655. The molecule has 1 atom stereocenters. The Hall–Kier alpha value is -1.88. The van der Waals surface area contributed by atoms with Gasteiger partial charge in [-0.15, -0.1) is 11.8 Å². The summed E-state index contributed by atoms with van der Waals surface area (Å²) < 4.78 is 11.0. The van der Waals surface area contributed by atoms with Gasteiger partial charge in [-0.2, -0.15) is 0 Å². The molecule has 2 aromatic rings. The number of rotatable bonds is 5. The van der Waals surface area contributed by atoms with Crippen LogP contribution in [0.5, 0.6) is 5.75 Å². The van der Waals surface area contributed by atoms with E-state index >= 15 is 0 Å². The minimum atomic E-state index is -1.08. The number of ether oxygens (including phenoxy) is 1. The van der Waals surface area contributed by atoms with Gasteiger partial charge >= 0.3 is 5.97 Å². The van der Waals surface area contributed by atoms with Crippen molar-refractivity contribution in [3.8, 4) is 5.75 Å². The fourth-order valence-corrected chi connectivity index (χ4v) is 2.18. The van der Waals surface area contributed by atoms with Crippen LogP contribution in [0.15, 0.2) is 45.7 Å². The van der Waals surface area contributed by atoms with Gasteiger partial charge in [0.2, 0.25) is 5.76 Å². The first-order valence-corrected chi connectivity index (χ1v) is 6.97. The fraction of sp³-hybridized carbons (Fsp3) is 0.214. The molecule has 1 N–H and O–H groups in total. The second kappa shape index (κ2) is 5.84. The quantitative estimate of drug-likeness (QED) is 0.842. The molecule has 0 saturated carbocycles. The van der Waals surface area contributed by atoms with E-state index in [1.165, 1.54) is 6.07 Å². The van der Waals surface area contributed by atoms with E-state index in [1.54, 1.807) is 17.8 Å². The molecule has 0 spiro atoms. The molecule has 1 heterocycles. The highest BCUT2D eigenvalue weighted by Gasteiger charge is 2.16. The number of thioether (sulfide) groups is 1. The molecule has 0 amide bonds. The summed E-state index contributed by atoms with van der Waals surface area (Å²) in [5.74, 6) is 0.0932. The number of benzene rings is 1. The summed E-state index contributed by atoms with van der Waals surface area (Å²) >= 11 is 1.59. The normalized spacial score (nSPS) is 12.1. The van der Waals surface area contributed by atoms with Crippen molar-refractivity contribution in [1.29, 1.82) is 0 Å². The van der Waals surface area contributed by atoms with Gasteiger partial charge in [-0.1, -0.05) is 12.1 Å². The Morgan fingerprint density at radius 1 is 1.32 bits per heavy atom.